The summed E-state index contributed by atoms with van der Waals surface area (Å²) in [6.07, 6.45) is 3.36. The Kier molecular flexibility index (Phi) is 5.28. The molecule has 0 aliphatic carbocycles. The number of rotatable bonds is 7. The Bertz CT molecular complexity index is 1310. The van der Waals surface area contributed by atoms with E-state index in [2.05, 4.69) is 20.0 Å². The summed E-state index contributed by atoms with van der Waals surface area (Å²) in [5.41, 5.74) is -0.0507. The molecule has 4 rings (SSSR count). The average molecular weight is 438 g/mol. The molecule has 1 N–H and O–H groups in total. The van der Waals surface area contributed by atoms with E-state index in [0.29, 0.717) is 11.6 Å². The highest BCUT2D eigenvalue weighted by Crippen LogP contribution is 2.24. The van der Waals surface area contributed by atoms with E-state index in [1.807, 2.05) is 0 Å². The Hall–Kier alpha value is -4.32. The highest BCUT2D eigenvalue weighted by atomic mass is 32.2. The minimum atomic E-state index is -3.99. The van der Waals surface area contributed by atoms with Crippen LogP contribution >= 0.6 is 0 Å². The van der Waals surface area contributed by atoms with Crippen LogP contribution in [0.5, 0.6) is 11.6 Å². The molecule has 0 saturated heterocycles. The lowest BCUT2D eigenvalue weighted by atomic mass is 10.3. The molecule has 0 aliphatic rings. The Labute approximate surface area is 176 Å². The number of non-ortho nitro benzene ring substituents is 1. The van der Waals surface area contributed by atoms with Crippen molar-refractivity contribution in [2.45, 2.75) is 4.90 Å². The van der Waals surface area contributed by atoms with Gasteiger partial charge in [0.2, 0.25) is 5.88 Å². The van der Waals surface area contributed by atoms with E-state index in [1.165, 1.54) is 30.3 Å². The molecule has 0 saturated carbocycles. The van der Waals surface area contributed by atoms with Crippen molar-refractivity contribution in [3.63, 3.8) is 0 Å². The number of nitro benzene ring substituents is 1. The molecule has 0 bridgehead atoms. The summed E-state index contributed by atoms with van der Waals surface area (Å²) in [4.78, 5) is 10.00. The van der Waals surface area contributed by atoms with Gasteiger partial charge in [0.25, 0.3) is 15.7 Å². The molecule has 11 nitrogen and oxygen atoms in total. The predicted molar refractivity (Wildman–Crippen MR) is 110 cm³/mol. The van der Waals surface area contributed by atoms with Crippen molar-refractivity contribution in [1.29, 1.82) is 0 Å². The molecule has 12 heteroatoms. The van der Waals surface area contributed by atoms with E-state index in [9.17, 15) is 18.5 Å². The van der Waals surface area contributed by atoms with Crippen LogP contribution in [-0.4, -0.2) is 33.3 Å². The predicted octanol–water partition coefficient (Wildman–Crippen LogP) is 3.16. The fraction of sp³-hybridized carbons (Fsp3) is 0. The molecule has 2 aromatic carbocycles. The third kappa shape index (κ3) is 4.64. The van der Waals surface area contributed by atoms with Crippen LogP contribution in [-0.2, 0) is 10.0 Å². The summed E-state index contributed by atoms with van der Waals surface area (Å²) in [5, 5.41) is 22.9. The Morgan fingerprint density at radius 3 is 2.45 bits per heavy atom. The number of nitro groups is 1. The summed E-state index contributed by atoms with van der Waals surface area (Å²) < 4.78 is 34.5. The van der Waals surface area contributed by atoms with Gasteiger partial charge >= 0.3 is 0 Å². The number of hydrogen-bond donors (Lipinski definition) is 1. The first kappa shape index (κ1) is 20.0. The van der Waals surface area contributed by atoms with Crippen molar-refractivity contribution in [3.05, 3.63) is 89.2 Å². The van der Waals surface area contributed by atoms with Gasteiger partial charge in [0.1, 0.15) is 5.75 Å². The quantitative estimate of drug-likeness (QED) is 0.342. The summed E-state index contributed by atoms with van der Waals surface area (Å²) >= 11 is 0. The van der Waals surface area contributed by atoms with Crippen LogP contribution in [0.15, 0.2) is 84.0 Å². The largest absolute Gasteiger partial charge is 0.438 e. The van der Waals surface area contributed by atoms with Gasteiger partial charge in [0, 0.05) is 36.3 Å². The average Bonchev–Trinajstić information content (AvgIpc) is 3.30. The van der Waals surface area contributed by atoms with Gasteiger partial charge in [-0.25, -0.2) is 13.1 Å². The molecule has 156 valence electrons. The minimum absolute atomic E-state index is 0.213. The van der Waals surface area contributed by atoms with E-state index < -0.39 is 14.9 Å². The third-order valence-corrected chi connectivity index (χ3v) is 5.41. The number of hydrogen-bond acceptors (Lipinski definition) is 8. The van der Waals surface area contributed by atoms with E-state index in [-0.39, 0.29) is 22.2 Å². The number of anilines is 1. The number of sulfonamides is 1. The molecule has 0 amide bonds. The van der Waals surface area contributed by atoms with Gasteiger partial charge in [-0.1, -0.05) is 6.07 Å². The van der Waals surface area contributed by atoms with Crippen molar-refractivity contribution in [2.24, 2.45) is 0 Å². The number of nitrogens with zero attached hydrogens (tertiary/aromatic N) is 5. The third-order valence-electron chi connectivity index (χ3n) is 4.03. The van der Waals surface area contributed by atoms with Crippen LogP contribution in [0, 0.1) is 10.1 Å². The van der Waals surface area contributed by atoms with Crippen molar-refractivity contribution >= 4 is 21.4 Å². The zero-order valence-electron chi connectivity index (χ0n) is 15.7. The molecule has 0 unspecified atom stereocenters. The number of nitrogens with one attached hydrogen (secondary N) is 1. The Morgan fingerprint density at radius 2 is 1.81 bits per heavy atom. The van der Waals surface area contributed by atoms with Gasteiger partial charge in [-0.05, 0) is 42.5 Å². The van der Waals surface area contributed by atoms with Crippen molar-refractivity contribution < 1.29 is 18.1 Å². The topological polar surface area (TPSA) is 142 Å². The molecule has 4 aromatic rings. The van der Waals surface area contributed by atoms with Crippen LogP contribution in [0.4, 0.5) is 11.4 Å². The van der Waals surface area contributed by atoms with E-state index in [4.69, 9.17) is 4.74 Å². The zero-order chi connectivity index (χ0) is 21.8. The fourth-order valence-corrected chi connectivity index (χ4v) is 3.68. The van der Waals surface area contributed by atoms with E-state index >= 15 is 0 Å². The maximum absolute atomic E-state index is 12.5. The summed E-state index contributed by atoms with van der Waals surface area (Å²) in [6, 6.07) is 16.0. The SMILES string of the molecule is O=[N+]([O-])c1cccc(S(=O)(=O)Nc2ccc(Oc3ccc(-n4cccn4)nn3)cc2)c1. The molecule has 31 heavy (non-hydrogen) atoms. The van der Waals surface area contributed by atoms with Gasteiger partial charge in [-0.15, -0.1) is 10.2 Å². The van der Waals surface area contributed by atoms with Crippen LogP contribution in [0.1, 0.15) is 0 Å². The normalized spacial score (nSPS) is 11.1. The Morgan fingerprint density at radius 1 is 1.00 bits per heavy atom. The molecule has 2 heterocycles. The second-order valence-electron chi connectivity index (χ2n) is 6.17. The number of ether oxygens (including phenoxy) is 1. The number of aromatic nitrogens is 4. The lowest BCUT2D eigenvalue weighted by Gasteiger charge is -2.09. The summed E-state index contributed by atoms with van der Waals surface area (Å²) in [5.74, 6) is 1.20. The highest BCUT2D eigenvalue weighted by Gasteiger charge is 2.17. The molecule has 0 aliphatic heterocycles. The van der Waals surface area contributed by atoms with Crippen molar-refractivity contribution in [1.82, 2.24) is 20.0 Å². The van der Waals surface area contributed by atoms with E-state index in [0.717, 1.165) is 6.07 Å². The minimum Gasteiger partial charge on any atom is -0.438 e. The van der Waals surface area contributed by atoms with Gasteiger partial charge in [0.05, 0.1) is 9.82 Å². The molecule has 2 aromatic heterocycles. The molecule has 0 atom stereocenters. The second kappa shape index (κ2) is 8.20. The molecular weight excluding hydrogens is 424 g/mol. The van der Waals surface area contributed by atoms with Crippen LogP contribution in [0.3, 0.4) is 0 Å². The first-order valence-corrected chi connectivity index (χ1v) is 10.3. The lowest BCUT2D eigenvalue weighted by molar-refractivity contribution is -0.385. The van der Waals surface area contributed by atoms with Gasteiger partial charge < -0.3 is 4.74 Å². The van der Waals surface area contributed by atoms with E-state index in [1.54, 1.807) is 47.4 Å². The summed E-state index contributed by atoms with van der Waals surface area (Å²) in [6.45, 7) is 0. The standard InChI is InChI=1S/C19H14N6O5S/c26-25(27)15-3-1-4-17(13-15)31(28,29)23-14-5-7-16(8-6-14)30-19-10-9-18(21-22-19)24-12-2-11-20-24/h1-13,23H. The van der Waals surface area contributed by atoms with Gasteiger partial charge in [-0.3, -0.25) is 14.8 Å². The van der Waals surface area contributed by atoms with Crippen molar-refractivity contribution in [2.75, 3.05) is 4.72 Å². The molecular formula is C19H14N6O5S. The summed E-state index contributed by atoms with van der Waals surface area (Å²) in [7, 11) is -3.99. The molecule has 0 radical (unpaired) electrons. The van der Waals surface area contributed by atoms with Crippen LogP contribution in [0.25, 0.3) is 5.82 Å². The molecule has 0 spiro atoms. The maximum atomic E-state index is 12.5. The fourth-order valence-electron chi connectivity index (χ4n) is 2.58. The van der Waals surface area contributed by atoms with Gasteiger partial charge in [0.15, 0.2) is 5.82 Å². The lowest BCUT2D eigenvalue weighted by Crippen LogP contribution is -2.13. The highest BCUT2D eigenvalue weighted by molar-refractivity contribution is 7.92. The van der Waals surface area contributed by atoms with Crippen LogP contribution < -0.4 is 9.46 Å². The molecule has 0 fully saturated rings. The van der Waals surface area contributed by atoms with Crippen LogP contribution in [0.2, 0.25) is 0 Å². The van der Waals surface area contributed by atoms with Gasteiger partial charge in [-0.2, -0.15) is 5.10 Å². The second-order valence-corrected chi connectivity index (χ2v) is 7.85. The number of benzene rings is 2. The Balaban J connectivity index is 1.44. The first-order valence-electron chi connectivity index (χ1n) is 8.80. The zero-order valence-corrected chi connectivity index (χ0v) is 16.5. The first-order chi connectivity index (χ1) is 14.9. The maximum Gasteiger partial charge on any atom is 0.270 e. The van der Waals surface area contributed by atoms with Crippen molar-refractivity contribution in [3.8, 4) is 17.4 Å². The smallest absolute Gasteiger partial charge is 0.270 e. The monoisotopic (exact) mass is 438 g/mol.